The quantitative estimate of drug-likeness (QED) is 0.669. The molecule has 0 saturated carbocycles. The molecule has 2 unspecified atom stereocenters. The van der Waals surface area contributed by atoms with E-state index in [0.717, 1.165) is 24.3 Å². The molecule has 2 rings (SSSR count). The number of halogens is 1. The second-order valence-corrected chi connectivity index (χ2v) is 5.87. The summed E-state index contributed by atoms with van der Waals surface area (Å²) in [7, 11) is 0. The fourth-order valence-electron chi connectivity index (χ4n) is 2.71. The van der Waals surface area contributed by atoms with Crippen LogP contribution in [-0.2, 0) is 0 Å². The van der Waals surface area contributed by atoms with Crippen molar-refractivity contribution in [3.8, 4) is 0 Å². The summed E-state index contributed by atoms with van der Waals surface area (Å²) in [5, 5.41) is 4.61. The molecule has 1 N–H and O–H groups in total. The van der Waals surface area contributed by atoms with Gasteiger partial charge in [0.1, 0.15) is 0 Å². The molecule has 0 fully saturated rings. The minimum Gasteiger partial charge on any atom is -0.303 e. The second-order valence-electron chi connectivity index (χ2n) is 5.43. The van der Waals surface area contributed by atoms with Gasteiger partial charge in [-0.2, -0.15) is 0 Å². The van der Waals surface area contributed by atoms with Crippen molar-refractivity contribution in [2.24, 2.45) is 0 Å². The maximum absolute atomic E-state index is 6.00. The minimum absolute atomic E-state index is 0.373. The lowest BCUT2D eigenvalue weighted by Gasteiger charge is -2.26. The molecule has 21 heavy (non-hydrogen) atoms. The van der Waals surface area contributed by atoms with Crippen molar-refractivity contribution in [1.82, 2.24) is 5.32 Å². The molecule has 0 amide bonds. The zero-order valence-electron chi connectivity index (χ0n) is 12.9. The molecule has 2 atom stereocenters. The van der Waals surface area contributed by atoms with E-state index in [4.69, 9.17) is 11.6 Å². The van der Waals surface area contributed by atoms with Crippen molar-refractivity contribution in [2.45, 2.75) is 45.2 Å². The third kappa shape index (κ3) is 4.59. The van der Waals surface area contributed by atoms with Crippen LogP contribution in [-0.4, -0.2) is 0 Å². The first kappa shape index (κ1) is 16.1. The summed E-state index contributed by atoms with van der Waals surface area (Å²) in [5.74, 6) is 0. The van der Waals surface area contributed by atoms with Gasteiger partial charge in [0, 0.05) is 17.1 Å². The number of hydrogen-bond acceptors (Lipinski definition) is 1. The van der Waals surface area contributed by atoms with Crippen LogP contribution in [0.3, 0.4) is 0 Å². The highest BCUT2D eigenvalue weighted by atomic mass is 35.5. The van der Waals surface area contributed by atoms with Crippen LogP contribution < -0.4 is 5.32 Å². The summed E-state index contributed by atoms with van der Waals surface area (Å²) >= 11 is 6.00. The monoisotopic (exact) mass is 301 g/mol. The minimum atomic E-state index is 0.373. The molecular weight excluding hydrogens is 278 g/mol. The maximum atomic E-state index is 6.00. The molecule has 0 aliphatic rings. The van der Waals surface area contributed by atoms with Gasteiger partial charge in [0.25, 0.3) is 0 Å². The van der Waals surface area contributed by atoms with Crippen molar-refractivity contribution < 1.29 is 0 Å². The van der Waals surface area contributed by atoms with Crippen molar-refractivity contribution in [2.75, 3.05) is 0 Å². The molecule has 0 bridgehead atoms. The molecule has 0 heterocycles. The van der Waals surface area contributed by atoms with Gasteiger partial charge in [-0.1, -0.05) is 74.3 Å². The van der Waals surface area contributed by atoms with Crippen LogP contribution in [0.2, 0.25) is 5.02 Å². The summed E-state index contributed by atoms with van der Waals surface area (Å²) in [6, 6.07) is 19.7. The molecule has 2 aromatic carbocycles. The Bertz CT molecular complexity index is 521. The highest BCUT2D eigenvalue weighted by molar-refractivity contribution is 6.30. The summed E-state index contributed by atoms with van der Waals surface area (Å²) in [6.07, 6.45) is 3.37. The Kier molecular flexibility index (Phi) is 6.28. The zero-order valence-corrected chi connectivity index (χ0v) is 13.6. The summed E-state index contributed by atoms with van der Waals surface area (Å²) in [5.41, 5.74) is 2.67. The lowest BCUT2D eigenvalue weighted by atomic mass is 9.98. The lowest BCUT2D eigenvalue weighted by Crippen LogP contribution is -2.26. The molecular formula is C19H24ClN. The SMILES string of the molecule is CCCC(NC(CC)c1ccccc1)c1ccc(Cl)cc1. The Labute approximate surface area is 133 Å². The smallest absolute Gasteiger partial charge is 0.0406 e. The van der Waals surface area contributed by atoms with E-state index >= 15 is 0 Å². The third-order valence-corrected chi connectivity index (χ3v) is 4.11. The Morgan fingerprint density at radius 2 is 1.48 bits per heavy atom. The summed E-state index contributed by atoms with van der Waals surface area (Å²) < 4.78 is 0. The molecule has 0 saturated heterocycles. The highest BCUT2D eigenvalue weighted by Gasteiger charge is 2.16. The van der Waals surface area contributed by atoms with Crippen LogP contribution in [0, 0.1) is 0 Å². The van der Waals surface area contributed by atoms with E-state index in [2.05, 4.69) is 61.6 Å². The normalized spacial score (nSPS) is 13.9. The van der Waals surface area contributed by atoms with Crippen LogP contribution in [0.1, 0.15) is 56.3 Å². The molecule has 1 nitrogen and oxygen atoms in total. The Morgan fingerprint density at radius 3 is 2.05 bits per heavy atom. The van der Waals surface area contributed by atoms with Crippen molar-refractivity contribution in [1.29, 1.82) is 0 Å². The van der Waals surface area contributed by atoms with Crippen LogP contribution in [0.15, 0.2) is 54.6 Å². The lowest BCUT2D eigenvalue weighted by molar-refractivity contribution is 0.413. The number of rotatable bonds is 7. The first-order valence-corrected chi connectivity index (χ1v) is 8.18. The highest BCUT2D eigenvalue weighted by Crippen LogP contribution is 2.26. The summed E-state index contributed by atoms with van der Waals surface area (Å²) in [4.78, 5) is 0. The van der Waals surface area contributed by atoms with E-state index in [0.29, 0.717) is 12.1 Å². The third-order valence-electron chi connectivity index (χ3n) is 3.86. The van der Waals surface area contributed by atoms with Crippen molar-refractivity contribution >= 4 is 11.6 Å². The van der Waals surface area contributed by atoms with E-state index in [-0.39, 0.29) is 0 Å². The molecule has 112 valence electrons. The largest absolute Gasteiger partial charge is 0.303 e. The van der Waals surface area contributed by atoms with Gasteiger partial charge < -0.3 is 5.32 Å². The molecule has 0 spiro atoms. The fraction of sp³-hybridized carbons (Fsp3) is 0.368. The van der Waals surface area contributed by atoms with Gasteiger partial charge in [-0.3, -0.25) is 0 Å². The van der Waals surface area contributed by atoms with Crippen LogP contribution >= 0.6 is 11.6 Å². The van der Waals surface area contributed by atoms with Gasteiger partial charge >= 0.3 is 0 Å². The van der Waals surface area contributed by atoms with E-state index in [1.165, 1.54) is 11.1 Å². The maximum Gasteiger partial charge on any atom is 0.0406 e. The van der Waals surface area contributed by atoms with E-state index in [1.807, 2.05) is 12.1 Å². The van der Waals surface area contributed by atoms with E-state index in [9.17, 15) is 0 Å². The van der Waals surface area contributed by atoms with Crippen molar-refractivity contribution in [3.05, 3.63) is 70.7 Å². The van der Waals surface area contributed by atoms with Crippen LogP contribution in [0.5, 0.6) is 0 Å². The molecule has 2 heteroatoms. The van der Waals surface area contributed by atoms with E-state index < -0.39 is 0 Å². The fourth-order valence-corrected chi connectivity index (χ4v) is 2.83. The van der Waals surface area contributed by atoms with Crippen LogP contribution in [0.25, 0.3) is 0 Å². The van der Waals surface area contributed by atoms with Crippen LogP contribution in [0.4, 0.5) is 0 Å². The predicted molar refractivity (Wildman–Crippen MR) is 91.7 cm³/mol. The summed E-state index contributed by atoms with van der Waals surface area (Å²) in [6.45, 7) is 4.46. The standard InChI is InChI=1S/C19H24ClN/c1-3-8-19(16-11-13-17(20)14-12-16)21-18(4-2)15-9-6-5-7-10-15/h5-7,9-14,18-19,21H,3-4,8H2,1-2H3. The number of benzene rings is 2. The predicted octanol–water partition coefficient (Wildman–Crippen LogP) is 5.92. The molecule has 0 aromatic heterocycles. The average Bonchev–Trinajstić information content (AvgIpc) is 2.53. The molecule has 0 radical (unpaired) electrons. The molecule has 2 aromatic rings. The zero-order chi connectivity index (χ0) is 15.1. The van der Waals surface area contributed by atoms with Gasteiger partial charge in [-0.05, 0) is 36.1 Å². The number of hydrogen-bond donors (Lipinski definition) is 1. The average molecular weight is 302 g/mol. The molecule has 0 aliphatic carbocycles. The van der Waals surface area contributed by atoms with Gasteiger partial charge in [0.15, 0.2) is 0 Å². The Hall–Kier alpha value is -1.31. The van der Waals surface area contributed by atoms with Gasteiger partial charge in [-0.15, -0.1) is 0 Å². The first-order valence-electron chi connectivity index (χ1n) is 7.81. The Morgan fingerprint density at radius 1 is 0.857 bits per heavy atom. The topological polar surface area (TPSA) is 12.0 Å². The van der Waals surface area contributed by atoms with E-state index in [1.54, 1.807) is 0 Å². The first-order chi connectivity index (χ1) is 10.2. The Balaban J connectivity index is 2.16. The molecule has 0 aliphatic heterocycles. The second kappa shape index (κ2) is 8.21. The number of nitrogens with one attached hydrogen (secondary N) is 1. The van der Waals surface area contributed by atoms with Gasteiger partial charge in [0.05, 0.1) is 0 Å². The van der Waals surface area contributed by atoms with Crippen molar-refractivity contribution in [3.63, 3.8) is 0 Å². The van der Waals surface area contributed by atoms with Gasteiger partial charge in [-0.25, -0.2) is 0 Å². The van der Waals surface area contributed by atoms with Gasteiger partial charge in [0.2, 0.25) is 0 Å².